The van der Waals surface area contributed by atoms with E-state index < -0.39 is 0 Å². The largest absolute Gasteiger partial charge is 0.494 e. The van der Waals surface area contributed by atoms with Gasteiger partial charge in [0.1, 0.15) is 0 Å². The Morgan fingerprint density at radius 1 is 1.44 bits per heavy atom. The molecule has 0 fully saturated rings. The van der Waals surface area contributed by atoms with Crippen LogP contribution in [-0.4, -0.2) is 7.11 Å². The molecule has 0 saturated carbocycles. The van der Waals surface area contributed by atoms with Crippen molar-refractivity contribution >= 4 is 0 Å². The highest BCUT2D eigenvalue weighted by Crippen LogP contribution is 2.27. The normalized spacial score (nSPS) is 14.6. The molecule has 0 bridgehead atoms. The van der Waals surface area contributed by atoms with Crippen LogP contribution >= 0.6 is 0 Å². The number of hydrogen-bond donors (Lipinski definition) is 1. The molecule has 3 heteroatoms. The lowest BCUT2D eigenvalue weighted by atomic mass is 9.92. The van der Waals surface area contributed by atoms with Crippen molar-refractivity contribution in [3.05, 3.63) is 29.6 Å². The number of hydrogen-bond acceptors (Lipinski definition) is 2. The highest BCUT2D eigenvalue weighted by Gasteiger charge is 2.15. The van der Waals surface area contributed by atoms with Gasteiger partial charge in [-0.1, -0.05) is 26.3 Å². The van der Waals surface area contributed by atoms with Crippen LogP contribution in [0.1, 0.15) is 38.3 Å². The van der Waals surface area contributed by atoms with Crippen LogP contribution in [-0.2, 0) is 0 Å². The third-order valence-electron chi connectivity index (χ3n) is 2.92. The molecule has 0 saturated heterocycles. The van der Waals surface area contributed by atoms with E-state index in [2.05, 4.69) is 13.8 Å². The molecule has 2 atom stereocenters. The molecule has 0 heterocycles. The summed E-state index contributed by atoms with van der Waals surface area (Å²) in [5, 5.41) is 0. The lowest BCUT2D eigenvalue weighted by molar-refractivity contribution is 0.382. The number of rotatable bonds is 5. The van der Waals surface area contributed by atoms with E-state index in [-0.39, 0.29) is 17.6 Å². The number of benzene rings is 1. The Balaban J connectivity index is 2.87. The molecular formula is C13H20FNO. The van der Waals surface area contributed by atoms with E-state index in [9.17, 15) is 4.39 Å². The second-order valence-corrected chi connectivity index (χ2v) is 4.19. The van der Waals surface area contributed by atoms with Gasteiger partial charge in [-0.3, -0.25) is 0 Å². The van der Waals surface area contributed by atoms with Crippen LogP contribution in [0.25, 0.3) is 0 Å². The van der Waals surface area contributed by atoms with Crippen LogP contribution in [0, 0.1) is 11.7 Å². The first-order valence-corrected chi connectivity index (χ1v) is 5.69. The van der Waals surface area contributed by atoms with E-state index in [1.807, 2.05) is 0 Å². The zero-order valence-electron chi connectivity index (χ0n) is 10.2. The summed E-state index contributed by atoms with van der Waals surface area (Å²) in [6, 6.07) is 4.77. The third-order valence-corrected chi connectivity index (χ3v) is 2.92. The molecule has 2 N–H and O–H groups in total. The summed E-state index contributed by atoms with van der Waals surface area (Å²) in [6.45, 7) is 4.25. The summed E-state index contributed by atoms with van der Waals surface area (Å²) < 4.78 is 18.2. The van der Waals surface area contributed by atoms with Crippen molar-refractivity contribution < 1.29 is 9.13 Å². The summed E-state index contributed by atoms with van der Waals surface area (Å²) in [6.07, 6.45) is 2.17. The molecule has 0 radical (unpaired) electrons. The number of nitrogens with two attached hydrogens (primary N) is 1. The molecule has 0 aliphatic rings. The standard InChI is InChI=1S/C13H20FNO/c1-4-5-9(2)13(15)10-6-7-11(14)12(8-10)16-3/h6-9,13H,4-5,15H2,1-3H3. The summed E-state index contributed by atoms with van der Waals surface area (Å²) in [7, 11) is 1.46. The predicted molar refractivity (Wildman–Crippen MR) is 64.0 cm³/mol. The average Bonchev–Trinajstić information content (AvgIpc) is 2.29. The van der Waals surface area contributed by atoms with Gasteiger partial charge in [0, 0.05) is 6.04 Å². The SMILES string of the molecule is CCCC(C)C(N)c1ccc(F)c(OC)c1. The van der Waals surface area contributed by atoms with Gasteiger partial charge in [0.2, 0.25) is 0 Å². The van der Waals surface area contributed by atoms with Crippen molar-refractivity contribution in [2.45, 2.75) is 32.7 Å². The highest BCUT2D eigenvalue weighted by atomic mass is 19.1. The lowest BCUT2D eigenvalue weighted by Crippen LogP contribution is -2.19. The van der Waals surface area contributed by atoms with Crippen LogP contribution in [0.4, 0.5) is 4.39 Å². The Hall–Kier alpha value is -1.09. The van der Waals surface area contributed by atoms with E-state index in [4.69, 9.17) is 10.5 Å². The van der Waals surface area contributed by atoms with Crippen LogP contribution < -0.4 is 10.5 Å². The van der Waals surface area contributed by atoms with E-state index >= 15 is 0 Å². The Kier molecular flexibility index (Phi) is 4.74. The minimum absolute atomic E-state index is 0.0607. The van der Waals surface area contributed by atoms with Crippen molar-refractivity contribution in [1.29, 1.82) is 0 Å². The molecule has 0 spiro atoms. The quantitative estimate of drug-likeness (QED) is 0.834. The van der Waals surface area contributed by atoms with Gasteiger partial charge in [-0.05, 0) is 30.0 Å². The second-order valence-electron chi connectivity index (χ2n) is 4.19. The molecule has 1 aromatic rings. The fourth-order valence-corrected chi connectivity index (χ4v) is 1.85. The molecule has 0 aliphatic carbocycles. The molecule has 0 amide bonds. The summed E-state index contributed by atoms with van der Waals surface area (Å²) in [4.78, 5) is 0. The Morgan fingerprint density at radius 3 is 2.69 bits per heavy atom. The van der Waals surface area contributed by atoms with Crippen molar-refractivity contribution in [3.8, 4) is 5.75 Å². The zero-order valence-corrected chi connectivity index (χ0v) is 10.2. The fraction of sp³-hybridized carbons (Fsp3) is 0.538. The first-order valence-electron chi connectivity index (χ1n) is 5.69. The van der Waals surface area contributed by atoms with Crippen molar-refractivity contribution in [2.24, 2.45) is 11.7 Å². The molecule has 16 heavy (non-hydrogen) atoms. The molecule has 2 nitrogen and oxygen atoms in total. The number of methoxy groups -OCH3 is 1. The summed E-state index contributed by atoms with van der Waals surface area (Å²) >= 11 is 0. The predicted octanol–water partition coefficient (Wildman–Crippen LogP) is 3.27. The minimum Gasteiger partial charge on any atom is -0.494 e. The topological polar surface area (TPSA) is 35.2 Å². The molecule has 2 unspecified atom stereocenters. The number of halogens is 1. The molecular weight excluding hydrogens is 205 g/mol. The van der Waals surface area contributed by atoms with E-state index in [1.54, 1.807) is 12.1 Å². The fourth-order valence-electron chi connectivity index (χ4n) is 1.85. The van der Waals surface area contributed by atoms with Gasteiger partial charge in [-0.2, -0.15) is 0 Å². The van der Waals surface area contributed by atoms with E-state index in [0.717, 1.165) is 18.4 Å². The Bertz CT molecular complexity index is 341. The van der Waals surface area contributed by atoms with Crippen LogP contribution in [0.2, 0.25) is 0 Å². The smallest absolute Gasteiger partial charge is 0.165 e. The maximum Gasteiger partial charge on any atom is 0.165 e. The Morgan fingerprint density at radius 2 is 2.12 bits per heavy atom. The molecule has 0 aromatic heterocycles. The molecule has 90 valence electrons. The maximum absolute atomic E-state index is 13.2. The lowest BCUT2D eigenvalue weighted by Gasteiger charge is -2.20. The summed E-state index contributed by atoms with van der Waals surface area (Å²) in [5.74, 6) is 0.304. The van der Waals surface area contributed by atoms with Gasteiger partial charge in [-0.25, -0.2) is 4.39 Å². The third kappa shape index (κ3) is 2.95. The van der Waals surface area contributed by atoms with Crippen LogP contribution in [0.3, 0.4) is 0 Å². The van der Waals surface area contributed by atoms with Gasteiger partial charge in [0.15, 0.2) is 11.6 Å². The highest BCUT2D eigenvalue weighted by molar-refractivity contribution is 5.32. The monoisotopic (exact) mass is 225 g/mol. The van der Waals surface area contributed by atoms with E-state index in [0.29, 0.717) is 5.92 Å². The van der Waals surface area contributed by atoms with Gasteiger partial charge in [-0.15, -0.1) is 0 Å². The van der Waals surface area contributed by atoms with Crippen LogP contribution in [0.5, 0.6) is 5.75 Å². The second kappa shape index (κ2) is 5.85. The van der Waals surface area contributed by atoms with E-state index in [1.165, 1.54) is 13.2 Å². The van der Waals surface area contributed by atoms with Gasteiger partial charge < -0.3 is 10.5 Å². The van der Waals surface area contributed by atoms with Gasteiger partial charge in [0.05, 0.1) is 7.11 Å². The van der Waals surface area contributed by atoms with Crippen molar-refractivity contribution in [1.82, 2.24) is 0 Å². The van der Waals surface area contributed by atoms with Crippen molar-refractivity contribution in [3.63, 3.8) is 0 Å². The Labute approximate surface area is 96.6 Å². The van der Waals surface area contributed by atoms with Gasteiger partial charge >= 0.3 is 0 Å². The maximum atomic E-state index is 13.2. The van der Waals surface area contributed by atoms with Crippen molar-refractivity contribution in [2.75, 3.05) is 7.11 Å². The average molecular weight is 225 g/mol. The molecule has 1 rings (SSSR count). The summed E-state index contributed by atoms with van der Waals surface area (Å²) in [5.41, 5.74) is 7.05. The number of ether oxygens (including phenoxy) is 1. The zero-order chi connectivity index (χ0) is 12.1. The first kappa shape index (κ1) is 13.0. The molecule has 1 aromatic carbocycles. The van der Waals surface area contributed by atoms with Crippen LogP contribution in [0.15, 0.2) is 18.2 Å². The minimum atomic E-state index is -0.346. The molecule has 0 aliphatic heterocycles. The van der Waals surface area contributed by atoms with Gasteiger partial charge in [0.25, 0.3) is 0 Å². The first-order chi connectivity index (χ1) is 7.60.